The number of phenols is 1. The normalized spacial score (nSPS) is 11.4. The van der Waals surface area contributed by atoms with Gasteiger partial charge in [-0.25, -0.2) is 0 Å². The van der Waals surface area contributed by atoms with Crippen LogP contribution >= 0.6 is 0 Å². The van der Waals surface area contributed by atoms with E-state index in [2.05, 4.69) is 19.9 Å². The summed E-state index contributed by atoms with van der Waals surface area (Å²) in [5.74, 6) is 1.23. The predicted octanol–water partition coefficient (Wildman–Crippen LogP) is 4.41. The molecule has 0 aromatic heterocycles. The predicted molar refractivity (Wildman–Crippen MR) is 82.4 cm³/mol. The SMILES string of the molecule is Cc1cccc(OC(C)(C)Cc2ccccc2O)c1C. The summed E-state index contributed by atoms with van der Waals surface area (Å²) in [5.41, 5.74) is 2.92. The van der Waals surface area contributed by atoms with Gasteiger partial charge in [0.2, 0.25) is 0 Å². The van der Waals surface area contributed by atoms with Crippen LogP contribution in [0.2, 0.25) is 0 Å². The van der Waals surface area contributed by atoms with Crippen molar-refractivity contribution in [3.8, 4) is 11.5 Å². The van der Waals surface area contributed by atoms with Gasteiger partial charge in [0, 0.05) is 6.42 Å². The molecule has 2 heteroatoms. The Labute approximate surface area is 121 Å². The number of hydrogen-bond acceptors (Lipinski definition) is 2. The second-order valence-corrected chi connectivity index (χ2v) is 5.87. The first-order chi connectivity index (χ1) is 9.39. The second-order valence-electron chi connectivity index (χ2n) is 5.87. The molecule has 0 aliphatic heterocycles. The Morgan fingerprint density at radius 2 is 1.70 bits per heavy atom. The highest BCUT2D eigenvalue weighted by Crippen LogP contribution is 2.29. The molecule has 0 bridgehead atoms. The molecule has 20 heavy (non-hydrogen) atoms. The van der Waals surface area contributed by atoms with Gasteiger partial charge in [0.15, 0.2) is 0 Å². The largest absolute Gasteiger partial charge is 0.508 e. The minimum atomic E-state index is -0.378. The maximum absolute atomic E-state index is 9.88. The highest BCUT2D eigenvalue weighted by molar-refractivity contribution is 5.39. The smallest absolute Gasteiger partial charge is 0.123 e. The van der Waals surface area contributed by atoms with Gasteiger partial charge in [-0.2, -0.15) is 0 Å². The van der Waals surface area contributed by atoms with Crippen molar-refractivity contribution in [1.29, 1.82) is 0 Å². The fraction of sp³-hybridized carbons (Fsp3) is 0.333. The third-order valence-electron chi connectivity index (χ3n) is 3.55. The lowest BCUT2D eigenvalue weighted by molar-refractivity contribution is 0.108. The maximum atomic E-state index is 9.88. The van der Waals surface area contributed by atoms with Crippen LogP contribution in [0.1, 0.15) is 30.5 Å². The fourth-order valence-electron chi connectivity index (χ4n) is 2.29. The molecule has 0 fully saturated rings. The van der Waals surface area contributed by atoms with Crippen molar-refractivity contribution in [1.82, 2.24) is 0 Å². The van der Waals surface area contributed by atoms with Gasteiger partial charge in [0.25, 0.3) is 0 Å². The molecule has 106 valence electrons. The monoisotopic (exact) mass is 270 g/mol. The first kappa shape index (κ1) is 14.4. The van der Waals surface area contributed by atoms with Crippen LogP contribution in [0.3, 0.4) is 0 Å². The van der Waals surface area contributed by atoms with Gasteiger partial charge in [-0.05, 0) is 56.5 Å². The molecule has 0 unspecified atom stereocenters. The van der Waals surface area contributed by atoms with Crippen LogP contribution < -0.4 is 4.74 Å². The summed E-state index contributed by atoms with van der Waals surface area (Å²) in [6, 6.07) is 13.5. The highest BCUT2D eigenvalue weighted by atomic mass is 16.5. The zero-order chi connectivity index (χ0) is 14.8. The van der Waals surface area contributed by atoms with E-state index in [1.165, 1.54) is 5.56 Å². The second kappa shape index (κ2) is 5.58. The summed E-state index contributed by atoms with van der Waals surface area (Å²) >= 11 is 0. The zero-order valence-corrected chi connectivity index (χ0v) is 12.6. The van der Waals surface area contributed by atoms with E-state index < -0.39 is 0 Å². The molecular weight excluding hydrogens is 248 g/mol. The first-order valence-electron chi connectivity index (χ1n) is 6.91. The van der Waals surface area contributed by atoms with Crippen molar-refractivity contribution in [2.75, 3.05) is 0 Å². The van der Waals surface area contributed by atoms with E-state index in [9.17, 15) is 5.11 Å². The van der Waals surface area contributed by atoms with Gasteiger partial charge in [-0.3, -0.25) is 0 Å². The van der Waals surface area contributed by atoms with E-state index >= 15 is 0 Å². The van der Waals surface area contributed by atoms with Crippen LogP contribution in [0, 0.1) is 13.8 Å². The Morgan fingerprint density at radius 1 is 1.00 bits per heavy atom. The first-order valence-corrected chi connectivity index (χ1v) is 6.91. The van der Waals surface area contributed by atoms with Crippen molar-refractivity contribution in [2.45, 2.75) is 39.7 Å². The highest BCUT2D eigenvalue weighted by Gasteiger charge is 2.23. The molecule has 0 radical (unpaired) electrons. The Balaban J connectivity index is 2.19. The van der Waals surface area contributed by atoms with E-state index in [1.54, 1.807) is 6.07 Å². The number of ether oxygens (including phenoxy) is 1. The van der Waals surface area contributed by atoms with Crippen LogP contribution in [0.25, 0.3) is 0 Å². The van der Waals surface area contributed by atoms with Gasteiger partial charge in [-0.15, -0.1) is 0 Å². The topological polar surface area (TPSA) is 29.5 Å². The third kappa shape index (κ3) is 3.32. The number of phenolic OH excluding ortho intramolecular Hbond substituents is 1. The summed E-state index contributed by atoms with van der Waals surface area (Å²) in [6.45, 7) is 8.24. The lowest BCUT2D eigenvalue weighted by Gasteiger charge is -2.28. The van der Waals surface area contributed by atoms with Crippen LogP contribution in [0.15, 0.2) is 42.5 Å². The van der Waals surface area contributed by atoms with Crippen LogP contribution in [-0.4, -0.2) is 10.7 Å². The van der Waals surface area contributed by atoms with E-state index in [0.29, 0.717) is 12.2 Å². The van der Waals surface area contributed by atoms with Gasteiger partial charge < -0.3 is 9.84 Å². The lowest BCUT2D eigenvalue weighted by atomic mass is 9.97. The van der Waals surface area contributed by atoms with E-state index in [0.717, 1.165) is 16.9 Å². The van der Waals surface area contributed by atoms with Crippen molar-refractivity contribution in [3.63, 3.8) is 0 Å². The molecule has 0 heterocycles. The number of aryl methyl sites for hydroxylation is 1. The Hall–Kier alpha value is -1.96. The summed E-state index contributed by atoms with van der Waals surface area (Å²) in [6.07, 6.45) is 0.660. The van der Waals surface area contributed by atoms with Gasteiger partial charge >= 0.3 is 0 Å². The van der Waals surface area contributed by atoms with E-state index in [-0.39, 0.29) is 5.60 Å². The molecule has 0 amide bonds. The average molecular weight is 270 g/mol. The van der Waals surface area contributed by atoms with Crippen LogP contribution in [-0.2, 0) is 6.42 Å². The van der Waals surface area contributed by atoms with Gasteiger partial charge in [0.05, 0.1) is 0 Å². The molecule has 0 saturated carbocycles. The average Bonchev–Trinajstić information content (AvgIpc) is 2.37. The molecule has 1 N–H and O–H groups in total. The maximum Gasteiger partial charge on any atom is 0.123 e. The molecule has 2 aromatic rings. The molecule has 2 rings (SSSR count). The van der Waals surface area contributed by atoms with Gasteiger partial charge in [-0.1, -0.05) is 30.3 Å². The zero-order valence-electron chi connectivity index (χ0n) is 12.6. The van der Waals surface area contributed by atoms with E-state index in [4.69, 9.17) is 4.74 Å². The van der Waals surface area contributed by atoms with Gasteiger partial charge in [0.1, 0.15) is 17.1 Å². The Kier molecular flexibility index (Phi) is 4.03. The molecule has 0 spiro atoms. The van der Waals surface area contributed by atoms with Crippen LogP contribution in [0.4, 0.5) is 0 Å². The van der Waals surface area contributed by atoms with Crippen molar-refractivity contribution in [2.24, 2.45) is 0 Å². The lowest BCUT2D eigenvalue weighted by Crippen LogP contribution is -2.31. The van der Waals surface area contributed by atoms with Crippen molar-refractivity contribution in [3.05, 3.63) is 59.2 Å². The Bertz CT molecular complexity index is 600. The number of aromatic hydroxyl groups is 1. The number of benzene rings is 2. The van der Waals surface area contributed by atoms with Crippen LogP contribution in [0.5, 0.6) is 11.5 Å². The molecule has 2 aromatic carbocycles. The summed E-state index contributed by atoms with van der Waals surface area (Å²) in [7, 11) is 0. The summed E-state index contributed by atoms with van der Waals surface area (Å²) in [4.78, 5) is 0. The standard InChI is InChI=1S/C18H22O2/c1-13-8-7-11-17(14(13)2)20-18(3,4)12-15-9-5-6-10-16(15)19/h5-11,19H,12H2,1-4H3. The number of rotatable bonds is 4. The molecular formula is C18H22O2. The van der Waals surface area contributed by atoms with Crippen molar-refractivity contribution >= 4 is 0 Å². The fourth-order valence-corrected chi connectivity index (χ4v) is 2.29. The summed E-state index contributed by atoms with van der Waals surface area (Å²) in [5, 5.41) is 9.88. The number of hydrogen-bond donors (Lipinski definition) is 1. The summed E-state index contributed by atoms with van der Waals surface area (Å²) < 4.78 is 6.16. The minimum absolute atomic E-state index is 0.324. The molecule has 0 aliphatic carbocycles. The minimum Gasteiger partial charge on any atom is -0.508 e. The molecule has 2 nitrogen and oxygen atoms in total. The molecule has 0 aliphatic rings. The third-order valence-corrected chi connectivity index (χ3v) is 3.55. The molecule has 0 atom stereocenters. The molecule has 0 saturated heterocycles. The van der Waals surface area contributed by atoms with Crippen molar-refractivity contribution < 1.29 is 9.84 Å². The Morgan fingerprint density at radius 3 is 2.40 bits per heavy atom. The quantitative estimate of drug-likeness (QED) is 0.891. The van der Waals surface area contributed by atoms with E-state index in [1.807, 2.05) is 44.2 Å². The number of para-hydroxylation sites is 1.